The molecule has 192 valence electrons. The highest BCUT2D eigenvalue weighted by atomic mass is 35.5. The van der Waals surface area contributed by atoms with E-state index in [4.69, 9.17) is 23.2 Å². The van der Waals surface area contributed by atoms with Crippen LogP contribution in [0.15, 0.2) is 42.5 Å². The van der Waals surface area contributed by atoms with Crippen LogP contribution < -0.4 is 9.62 Å². The Labute approximate surface area is 216 Å². The number of hydrogen-bond donors (Lipinski definition) is 1. The molecule has 2 amide bonds. The minimum Gasteiger partial charge on any atom is -0.354 e. The maximum Gasteiger partial charge on any atom is 0.244 e. The van der Waals surface area contributed by atoms with Crippen molar-refractivity contribution in [3.05, 3.63) is 63.9 Å². The molecule has 0 aliphatic carbocycles. The molecule has 1 atom stereocenters. The number of para-hydroxylation sites is 1. The minimum absolute atomic E-state index is 0.0296. The molecule has 2 rings (SSSR count). The van der Waals surface area contributed by atoms with Gasteiger partial charge in [-0.25, -0.2) is 12.8 Å². The molecule has 0 saturated carbocycles. The predicted molar refractivity (Wildman–Crippen MR) is 138 cm³/mol. The Morgan fingerprint density at radius 2 is 1.74 bits per heavy atom. The number of hydrogen-bond acceptors (Lipinski definition) is 4. The lowest BCUT2D eigenvalue weighted by Gasteiger charge is -2.33. The highest BCUT2D eigenvalue weighted by Gasteiger charge is 2.32. The van der Waals surface area contributed by atoms with E-state index >= 15 is 0 Å². The van der Waals surface area contributed by atoms with E-state index in [1.165, 1.54) is 23.1 Å². The van der Waals surface area contributed by atoms with Crippen molar-refractivity contribution in [1.29, 1.82) is 0 Å². The zero-order valence-corrected chi connectivity index (χ0v) is 22.4. The van der Waals surface area contributed by atoms with E-state index in [9.17, 15) is 22.4 Å². The van der Waals surface area contributed by atoms with Gasteiger partial charge in [-0.1, -0.05) is 62.2 Å². The Balaban J connectivity index is 2.46. The zero-order chi connectivity index (χ0) is 26.3. The van der Waals surface area contributed by atoms with Crippen LogP contribution in [0.1, 0.15) is 32.8 Å². The molecular weight excluding hydrogens is 516 g/mol. The smallest absolute Gasteiger partial charge is 0.244 e. The Kier molecular flexibility index (Phi) is 10.4. The fourth-order valence-electron chi connectivity index (χ4n) is 3.43. The van der Waals surface area contributed by atoms with Crippen molar-refractivity contribution in [2.24, 2.45) is 5.92 Å². The van der Waals surface area contributed by atoms with Crippen molar-refractivity contribution in [3.8, 4) is 0 Å². The third-order valence-electron chi connectivity index (χ3n) is 5.21. The SMILES string of the molecule is CC[C@H](C(=O)NCC(C)C)N(Cc1ccc(Cl)c(Cl)c1)C(=O)CN(c1ccccc1F)S(C)(=O)=O. The summed E-state index contributed by atoms with van der Waals surface area (Å²) in [4.78, 5) is 27.8. The summed E-state index contributed by atoms with van der Waals surface area (Å²) in [5, 5.41) is 3.43. The molecule has 0 radical (unpaired) electrons. The molecule has 11 heteroatoms. The number of halogens is 3. The molecule has 0 aliphatic heterocycles. The van der Waals surface area contributed by atoms with Crippen molar-refractivity contribution in [3.63, 3.8) is 0 Å². The first-order valence-corrected chi connectivity index (χ1v) is 13.7. The topological polar surface area (TPSA) is 86.8 Å². The van der Waals surface area contributed by atoms with Gasteiger partial charge in [0.2, 0.25) is 21.8 Å². The molecule has 2 aromatic rings. The zero-order valence-electron chi connectivity index (χ0n) is 20.1. The molecule has 0 heterocycles. The second-order valence-electron chi connectivity index (χ2n) is 8.55. The molecule has 0 unspecified atom stereocenters. The first kappa shape index (κ1) is 28.9. The second kappa shape index (κ2) is 12.6. The van der Waals surface area contributed by atoms with Gasteiger partial charge < -0.3 is 10.2 Å². The van der Waals surface area contributed by atoms with Gasteiger partial charge in [-0.2, -0.15) is 0 Å². The summed E-state index contributed by atoms with van der Waals surface area (Å²) < 4.78 is 40.2. The minimum atomic E-state index is -4.02. The highest BCUT2D eigenvalue weighted by Crippen LogP contribution is 2.25. The van der Waals surface area contributed by atoms with Gasteiger partial charge in [0, 0.05) is 13.1 Å². The first-order chi connectivity index (χ1) is 16.3. The molecule has 0 saturated heterocycles. The summed E-state index contributed by atoms with van der Waals surface area (Å²) in [7, 11) is -4.02. The van der Waals surface area contributed by atoms with Crippen LogP contribution in [0.5, 0.6) is 0 Å². The number of anilines is 1. The monoisotopic (exact) mass is 545 g/mol. The van der Waals surface area contributed by atoms with Gasteiger partial charge in [-0.3, -0.25) is 13.9 Å². The number of rotatable bonds is 11. The quantitative estimate of drug-likeness (QED) is 0.451. The summed E-state index contributed by atoms with van der Waals surface area (Å²) >= 11 is 12.1. The maximum absolute atomic E-state index is 14.5. The van der Waals surface area contributed by atoms with Crippen LogP contribution in [0.4, 0.5) is 10.1 Å². The van der Waals surface area contributed by atoms with Gasteiger partial charge in [0.05, 0.1) is 22.0 Å². The van der Waals surface area contributed by atoms with Crippen LogP contribution in [-0.4, -0.2) is 50.5 Å². The third kappa shape index (κ3) is 8.08. The fraction of sp³-hybridized carbons (Fsp3) is 0.417. The van der Waals surface area contributed by atoms with Crippen LogP contribution >= 0.6 is 23.2 Å². The summed E-state index contributed by atoms with van der Waals surface area (Å²) in [5.41, 5.74) is 0.342. The highest BCUT2D eigenvalue weighted by molar-refractivity contribution is 7.92. The Morgan fingerprint density at radius 1 is 1.09 bits per heavy atom. The fourth-order valence-corrected chi connectivity index (χ4v) is 4.60. The molecule has 0 spiro atoms. The molecule has 2 aromatic carbocycles. The number of amides is 2. The van der Waals surface area contributed by atoms with Gasteiger partial charge in [0.15, 0.2) is 0 Å². The standard InChI is InChI=1S/C24H30Cl2FN3O4S/c1-5-21(24(32)28-13-16(2)3)29(14-17-10-11-18(25)19(26)12-17)23(31)15-30(35(4,33)34)22-9-7-6-8-20(22)27/h6-12,16,21H,5,13-15H2,1-4H3,(H,28,32)/t21-/m1/s1. The largest absolute Gasteiger partial charge is 0.354 e. The lowest BCUT2D eigenvalue weighted by Crippen LogP contribution is -2.52. The molecule has 0 aromatic heterocycles. The number of nitrogens with one attached hydrogen (secondary N) is 1. The molecule has 0 bridgehead atoms. The molecule has 0 fully saturated rings. The normalized spacial score (nSPS) is 12.3. The van der Waals surface area contributed by atoms with E-state index in [0.717, 1.165) is 12.3 Å². The van der Waals surface area contributed by atoms with E-state index in [2.05, 4.69) is 5.32 Å². The molecule has 0 aliphatic rings. The number of nitrogens with zero attached hydrogens (tertiary/aromatic N) is 2. The van der Waals surface area contributed by atoms with E-state index in [1.807, 2.05) is 13.8 Å². The number of sulfonamides is 1. The summed E-state index contributed by atoms with van der Waals surface area (Å²) in [6.45, 7) is 5.33. The van der Waals surface area contributed by atoms with Gasteiger partial charge >= 0.3 is 0 Å². The molecule has 35 heavy (non-hydrogen) atoms. The number of carbonyl (C=O) groups is 2. The lowest BCUT2D eigenvalue weighted by atomic mass is 10.1. The Bertz CT molecular complexity index is 1160. The van der Waals surface area contributed by atoms with E-state index in [0.29, 0.717) is 21.4 Å². The van der Waals surface area contributed by atoms with Crippen molar-refractivity contribution < 1.29 is 22.4 Å². The van der Waals surface area contributed by atoms with E-state index in [-0.39, 0.29) is 35.5 Å². The van der Waals surface area contributed by atoms with Gasteiger partial charge in [-0.15, -0.1) is 0 Å². The number of benzene rings is 2. The third-order valence-corrected chi connectivity index (χ3v) is 7.07. The predicted octanol–water partition coefficient (Wildman–Crippen LogP) is 4.48. The summed E-state index contributed by atoms with van der Waals surface area (Å²) in [6, 6.07) is 9.21. The van der Waals surface area contributed by atoms with Crippen LogP contribution in [0.2, 0.25) is 10.0 Å². The van der Waals surface area contributed by atoms with Crippen molar-refractivity contribution in [1.82, 2.24) is 10.2 Å². The van der Waals surface area contributed by atoms with Gasteiger partial charge in [0.25, 0.3) is 0 Å². The average molecular weight is 546 g/mol. The molecular formula is C24H30Cl2FN3O4S. The van der Waals surface area contributed by atoms with Crippen LogP contribution in [0.25, 0.3) is 0 Å². The van der Waals surface area contributed by atoms with Crippen molar-refractivity contribution in [2.75, 3.05) is 23.7 Å². The Morgan fingerprint density at radius 3 is 2.29 bits per heavy atom. The maximum atomic E-state index is 14.5. The molecule has 7 nitrogen and oxygen atoms in total. The Hall–Kier alpha value is -2.36. The first-order valence-electron chi connectivity index (χ1n) is 11.1. The second-order valence-corrected chi connectivity index (χ2v) is 11.3. The van der Waals surface area contributed by atoms with Crippen molar-refractivity contribution in [2.45, 2.75) is 39.8 Å². The van der Waals surface area contributed by atoms with Crippen molar-refractivity contribution >= 4 is 50.7 Å². The summed E-state index contributed by atoms with van der Waals surface area (Å²) in [5.74, 6) is -1.64. The lowest BCUT2D eigenvalue weighted by molar-refractivity contribution is -0.140. The van der Waals surface area contributed by atoms with Gasteiger partial charge in [0.1, 0.15) is 18.4 Å². The van der Waals surface area contributed by atoms with Crippen LogP contribution in [0, 0.1) is 11.7 Å². The molecule has 1 N–H and O–H groups in total. The average Bonchev–Trinajstić information content (AvgIpc) is 2.78. The van der Waals surface area contributed by atoms with Gasteiger partial charge in [-0.05, 0) is 42.2 Å². The van der Waals surface area contributed by atoms with E-state index in [1.54, 1.807) is 25.1 Å². The number of carbonyl (C=O) groups excluding carboxylic acids is 2. The van der Waals surface area contributed by atoms with Crippen LogP contribution in [-0.2, 0) is 26.2 Å². The van der Waals surface area contributed by atoms with E-state index < -0.39 is 34.3 Å². The van der Waals surface area contributed by atoms with Crippen LogP contribution in [0.3, 0.4) is 0 Å². The summed E-state index contributed by atoms with van der Waals surface area (Å²) in [6.07, 6.45) is 1.16.